The van der Waals surface area contributed by atoms with E-state index in [9.17, 15) is 0 Å². The zero-order valence-electron chi connectivity index (χ0n) is 47.3. The van der Waals surface area contributed by atoms with E-state index >= 15 is 8.78 Å². The predicted octanol–water partition coefficient (Wildman–Crippen LogP) is 21.5. The number of nitrogens with zero attached hydrogens (tertiary/aromatic N) is 1. The lowest BCUT2D eigenvalue weighted by atomic mass is 9.67. The van der Waals surface area contributed by atoms with Gasteiger partial charge in [0.05, 0.1) is 16.5 Å². The van der Waals surface area contributed by atoms with E-state index in [-0.39, 0.29) is 11.6 Å². The summed E-state index contributed by atoms with van der Waals surface area (Å²) in [5.41, 5.74) is 15.6. The van der Waals surface area contributed by atoms with E-state index in [1.807, 2.05) is 141 Å². The van der Waals surface area contributed by atoms with Crippen LogP contribution >= 0.6 is 0 Å². The molecule has 6 heteroatoms. The number of rotatable bonds is 13. The normalized spacial score (nSPS) is 15.4. The van der Waals surface area contributed by atoms with Crippen LogP contribution in [0.3, 0.4) is 0 Å². The molecule has 13 aromatic rings. The fourth-order valence-electron chi connectivity index (χ4n) is 13.7. The van der Waals surface area contributed by atoms with E-state index in [2.05, 4.69) is 139 Å². The summed E-state index contributed by atoms with van der Waals surface area (Å²) in [7, 11) is 0. The fraction of sp³-hybridized carbons (Fsp3) is 0.0500. The number of anilines is 3. The molecule has 0 saturated carbocycles. The van der Waals surface area contributed by atoms with Crippen molar-refractivity contribution >= 4 is 51.2 Å². The average Bonchev–Trinajstić information content (AvgIpc) is 1.53. The number of halogens is 2. The van der Waals surface area contributed by atoms with Crippen LogP contribution in [-0.4, -0.2) is 0 Å². The fourth-order valence-corrected chi connectivity index (χ4v) is 13.7. The number of fused-ring (bicyclic) bond motifs is 9. The quantitative estimate of drug-likeness (QED) is 0.115. The van der Waals surface area contributed by atoms with Crippen LogP contribution in [0.1, 0.15) is 66.8 Å². The Morgan fingerprint density at radius 2 is 0.802 bits per heavy atom. The Hall–Kier alpha value is -10.8. The van der Waals surface area contributed by atoms with E-state index in [1.165, 1.54) is 0 Å². The van der Waals surface area contributed by atoms with Crippen LogP contribution in [0.2, 0.25) is 0 Å². The molecular weight excluding hydrogens is 1060 g/mol. The van der Waals surface area contributed by atoms with Crippen molar-refractivity contribution in [3.05, 3.63) is 352 Å². The number of hydrogen-bond acceptors (Lipinski definition) is 4. The first-order chi connectivity index (χ1) is 42.1. The molecule has 12 aromatic carbocycles. The largest absolute Gasteiger partial charge is 0.457 e. The third-order valence-electron chi connectivity index (χ3n) is 17.5. The first-order valence-electron chi connectivity index (χ1n) is 28.9. The van der Waals surface area contributed by atoms with E-state index in [1.54, 1.807) is 24.3 Å². The second-order valence-electron chi connectivity index (χ2n) is 22.4. The number of ether oxygens (including phenoxy) is 2. The summed E-state index contributed by atoms with van der Waals surface area (Å²) in [6.45, 7) is 11.7. The molecule has 1 aromatic heterocycles. The number of hydrogen-bond donors (Lipinski definition) is 0. The summed E-state index contributed by atoms with van der Waals surface area (Å²) >= 11 is 0. The van der Waals surface area contributed by atoms with Crippen molar-refractivity contribution in [1.29, 1.82) is 0 Å². The maximum atomic E-state index is 17.6. The highest BCUT2D eigenvalue weighted by molar-refractivity contribution is 6.10. The maximum absolute atomic E-state index is 17.6. The standard InChI is InChI=1S/C80H55F2NO3/c1-5-52-24-34-58(35-25-52)84-60-38-28-54(29-39-60)79(70-44-22-50(3)46-74(70)81)68-18-10-7-14-62(68)64-42-32-56(48-72(64)79)83(76-20-13-17-67-66-16-9-12-21-77(66)86-78(67)76)57-33-43-65-63-15-8-11-19-69(63)80(73(65)49-57,71-45-23-51(4)47-75(71)82)55-30-40-61(41-31-55)85-59-36-26-53(6-2)27-37-59/h5-49H,1-2H2,3-4H3. The highest BCUT2D eigenvalue weighted by atomic mass is 19.1. The van der Waals surface area contributed by atoms with Gasteiger partial charge in [0.25, 0.3) is 0 Å². The Morgan fingerprint density at radius 1 is 0.384 bits per heavy atom. The zero-order valence-corrected chi connectivity index (χ0v) is 47.3. The van der Waals surface area contributed by atoms with Gasteiger partial charge in [-0.2, -0.15) is 0 Å². The van der Waals surface area contributed by atoms with Crippen molar-refractivity contribution in [3.63, 3.8) is 0 Å². The minimum atomic E-state index is -1.15. The van der Waals surface area contributed by atoms with Crippen LogP contribution in [0.15, 0.2) is 278 Å². The molecule has 0 amide bonds. The summed E-state index contributed by atoms with van der Waals surface area (Å²) in [5, 5.41) is 1.94. The van der Waals surface area contributed by atoms with E-state index in [0.29, 0.717) is 39.7 Å². The zero-order chi connectivity index (χ0) is 58.3. The van der Waals surface area contributed by atoms with Crippen molar-refractivity contribution in [2.75, 3.05) is 4.90 Å². The molecule has 0 fully saturated rings. The Kier molecular flexibility index (Phi) is 12.4. The van der Waals surface area contributed by atoms with E-state index in [0.717, 1.165) is 111 Å². The second kappa shape index (κ2) is 20.5. The second-order valence-corrected chi connectivity index (χ2v) is 22.4. The molecular formula is C80H55F2NO3. The minimum Gasteiger partial charge on any atom is -0.457 e. The van der Waals surface area contributed by atoms with Gasteiger partial charge in [0.1, 0.15) is 40.2 Å². The third-order valence-corrected chi connectivity index (χ3v) is 17.5. The molecule has 2 aliphatic carbocycles. The number of benzene rings is 12. The van der Waals surface area contributed by atoms with Crippen molar-refractivity contribution in [2.45, 2.75) is 24.7 Å². The summed E-state index contributed by atoms with van der Waals surface area (Å²) in [6, 6.07) is 87.2. The molecule has 1 heterocycles. The molecule has 0 bridgehead atoms. The molecule has 0 radical (unpaired) electrons. The molecule has 412 valence electrons. The van der Waals surface area contributed by atoms with Crippen molar-refractivity contribution in [3.8, 4) is 45.3 Å². The van der Waals surface area contributed by atoms with Gasteiger partial charge in [-0.25, -0.2) is 8.78 Å². The monoisotopic (exact) mass is 1120 g/mol. The van der Waals surface area contributed by atoms with Crippen LogP contribution in [0.25, 0.3) is 56.3 Å². The SMILES string of the molecule is C=Cc1ccc(Oc2ccc(C3(c4ccc(C)cc4F)c4ccccc4-c4ccc(N(c5ccc6c(c5)C(c5ccc(Oc7ccc(C=C)cc7)cc5)(c5ccc(C)cc5F)c5ccccc5-6)c5cccc6c5oc5ccccc56)cc43)cc2)cc1. The maximum Gasteiger partial charge on any atom is 0.159 e. The first-order valence-corrected chi connectivity index (χ1v) is 28.9. The van der Waals surface area contributed by atoms with E-state index < -0.39 is 10.8 Å². The Labute approximate surface area is 498 Å². The lowest BCUT2D eigenvalue weighted by Gasteiger charge is -2.36. The topological polar surface area (TPSA) is 34.8 Å². The molecule has 0 saturated heterocycles. The Bertz CT molecular complexity index is 4600. The predicted molar refractivity (Wildman–Crippen MR) is 346 cm³/mol. The molecule has 2 unspecified atom stereocenters. The van der Waals surface area contributed by atoms with Gasteiger partial charge < -0.3 is 18.8 Å². The average molecular weight is 1120 g/mol. The summed E-state index contributed by atoms with van der Waals surface area (Å²) < 4.78 is 55.1. The number of aryl methyl sites for hydroxylation is 2. The van der Waals surface area contributed by atoms with Crippen LogP contribution in [0.5, 0.6) is 23.0 Å². The van der Waals surface area contributed by atoms with Gasteiger partial charge in [0.15, 0.2) is 5.58 Å². The lowest BCUT2D eigenvalue weighted by Crippen LogP contribution is -2.30. The molecule has 15 rings (SSSR count). The van der Waals surface area contributed by atoms with Gasteiger partial charge in [-0.1, -0.05) is 189 Å². The highest BCUT2D eigenvalue weighted by Crippen LogP contribution is 2.61. The molecule has 4 nitrogen and oxygen atoms in total. The van der Waals surface area contributed by atoms with Gasteiger partial charge in [-0.05, 0) is 189 Å². The third kappa shape index (κ3) is 8.16. The van der Waals surface area contributed by atoms with E-state index in [4.69, 9.17) is 13.9 Å². The van der Waals surface area contributed by atoms with Gasteiger partial charge in [0.2, 0.25) is 0 Å². The van der Waals surface area contributed by atoms with Crippen LogP contribution < -0.4 is 14.4 Å². The van der Waals surface area contributed by atoms with Gasteiger partial charge in [-0.3, -0.25) is 0 Å². The minimum absolute atomic E-state index is 0.316. The van der Waals surface area contributed by atoms with Gasteiger partial charge in [0, 0.05) is 33.3 Å². The molecule has 2 atom stereocenters. The molecule has 2 aliphatic rings. The first kappa shape index (κ1) is 52.0. The van der Waals surface area contributed by atoms with Crippen molar-refractivity contribution < 1.29 is 22.7 Å². The number of para-hydroxylation sites is 2. The van der Waals surface area contributed by atoms with Gasteiger partial charge in [-0.15, -0.1) is 0 Å². The summed E-state index contributed by atoms with van der Waals surface area (Å²) in [6.07, 6.45) is 3.61. The molecule has 0 spiro atoms. The number of furan rings is 1. The van der Waals surface area contributed by atoms with Crippen LogP contribution in [0, 0.1) is 25.5 Å². The molecule has 0 N–H and O–H groups in total. The Balaban J connectivity index is 0.971. The lowest BCUT2D eigenvalue weighted by molar-refractivity contribution is 0.482. The van der Waals surface area contributed by atoms with Crippen molar-refractivity contribution in [1.82, 2.24) is 0 Å². The summed E-state index contributed by atoms with van der Waals surface area (Å²) in [5.74, 6) is 2.03. The van der Waals surface area contributed by atoms with Crippen molar-refractivity contribution in [2.24, 2.45) is 0 Å². The Morgan fingerprint density at radius 3 is 1.27 bits per heavy atom. The smallest absolute Gasteiger partial charge is 0.159 e. The van der Waals surface area contributed by atoms with Gasteiger partial charge >= 0.3 is 0 Å². The van der Waals surface area contributed by atoms with Crippen LogP contribution in [0.4, 0.5) is 25.8 Å². The molecule has 86 heavy (non-hydrogen) atoms. The molecule has 0 aliphatic heterocycles. The highest BCUT2D eigenvalue weighted by Gasteiger charge is 2.50. The van der Waals surface area contributed by atoms with Crippen LogP contribution in [-0.2, 0) is 10.8 Å². The summed E-state index contributed by atoms with van der Waals surface area (Å²) in [4.78, 5) is 2.26.